The number of alkyl halides is 4. The number of nitrogens with one attached hydrogen (secondary N) is 1. The fourth-order valence-electron chi connectivity index (χ4n) is 4.19. The van der Waals surface area contributed by atoms with Crippen molar-refractivity contribution in [3.63, 3.8) is 0 Å². The molecule has 1 aliphatic heterocycles. The molecule has 2 atom stereocenters. The topological polar surface area (TPSA) is 88.6 Å². The molecular formula is C25H21F6N3O4S. The van der Waals surface area contributed by atoms with Gasteiger partial charge in [0.1, 0.15) is 29.5 Å². The summed E-state index contributed by atoms with van der Waals surface area (Å²) >= 11 is 0. The molecule has 7 nitrogen and oxygen atoms in total. The van der Waals surface area contributed by atoms with E-state index in [2.05, 4.69) is 10.3 Å². The minimum Gasteiger partial charge on any atom is -0.481 e. The molecule has 2 unspecified atom stereocenters. The van der Waals surface area contributed by atoms with Gasteiger partial charge in [-0.15, -0.1) is 0 Å². The number of ether oxygens (including phenoxy) is 1. The van der Waals surface area contributed by atoms with Gasteiger partial charge < -0.3 is 10.1 Å². The number of sulfonamides is 1. The first kappa shape index (κ1) is 28.4. The van der Waals surface area contributed by atoms with Crippen LogP contribution in [0.25, 0.3) is 11.1 Å². The average Bonchev–Trinajstić information content (AvgIpc) is 3.29. The second-order valence-corrected chi connectivity index (χ2v) is 10.6. The largest absolute Gasteiger partial charge is 0.481 e. The van der Waals surface area contributed by atoms with Crippen molar-refractivity contribution in [2.45, 2.75) is 36.3 Å². The lowest BCUT2D eigenvalue weighted by Gasteiger charge is -2.23. The van der Waals surface area contributed by atoms with E-state index in [0.717, 1.165) is 49.6 Å². The molecule has 1 amide bonds. The zero-order valence-corrected chi connectivity index (χ0v) is 21.0. The van der Waals surface area contributed by atoms with Crippen LogP contribution in [0.1, 0.15) is 17.7 Å². The van der Waals surface area contributed by atoms with Crippen LogP contribution >= 0.6 is 0 Å². The van der Waals surface area contributed by atoms with Gasteiger partial charge in [0.2, 0.25) is 21.8 Å². The maximum atomic E-state index is 14.4. The van der Waals surface area contributed by atoms with E-state index in [9.17, 15) is 39.6 Å². The Bertz CT molecular complexity index is 1480. The Morgan fingerprint density at radius 2 is 1.77 bits per heavy atom. The van der Waals surface area contributed by atoms with Gasteiger partial charge in [-0.05, 0) is 65.7 Å². The number of pyridine rings is 1. The van der Waals surface area contributed by atoms with Crippen LogP contribution in [0, 0.1) is 11.6 Å². The Balaban J connectivity index is 1.54. The van der Waals surface area contributed by atoms with Gasteiger partial charge in [0, 0.05) is 25.1 Å². The predicted molar refractivity (Wildman–Crippen MR) is 127 cm³/mol. The molecule has 2 aromatic carbocycles. The summed E-state index contributed by atoms with van der Waals surface area (Å²) in [6, 6.07) is 7.72. The SMILES string of the molecule is COc1nc(C(F)(F)F)ccc1-c1cc(F)cc(CNC(=O)C2CC(F)CN2S(=O)(=O)c2ccc(F)cc2)c1. The van der Waals surface area contributed by atoms with Crippen LogP contribution in [0.15, 0.2) is 59.5 Å². The van der Waals surface area contributed by atoms with E-state index in [1.165, 1.54) is 6.07 Å². The molecule has 208 valence electrons. The summed E-state index contributed by atoms with van der Waals surface area (Å²) in [6.45, 7) is -0.888. The van der Waals surface area contributed by atoms with Crippen molar-refractivity contribution >= 4 is 15.9 Å². The maximum Gasteiger partial charge on any atom is 0.433 e. The normalized spacial score (nSPS) is 18.2. The zero-order chi connectivity index (χ0) is 28.5. The van der Waals surface area contributed by atoms with E-state index in [1.54, 1.807) is 0 Å². The first-order chi connectivity index (χ1) is 18.3. The first-order valence-corrected chi connectivity index (χ1v) is 12.8. The van der Waals surface area contributed by atoms with Crippen LogP contribution in [0.5, 0.6) is 5.88 Å². The molecule has 14 heteroatoms. The smallest absolute Gasteiger partial charge is 0.433 e. The summed E-state index contributed by atoms with van der Waals surface area (Å²) < 4.78 is 113. The van der Waals surface area contributed by atoms with E-state index < -0.39 is 70.5 Å². The zero-order valence-electron chi connectivity index (χ0n) is 20.2. The average molecular weight is 574 g/mol. The molecule has 4 rings (SSSR count). The molecule has 0 aliphatic carbocycles. The van der Waals surface area contributed by atoms with E-state index in [1.807, 2.05) is 0 Å². The molecule has 0 saturated carbocycles. The number of carbonyl (C=O) groups is 1. The van der Waals surface area contributed by atoms with Crippen molar-refractivity contribution in [3.8, 4) is 17.0 Å². The fourth-order valence-corrected chi connectivity index (χ4v) is 5.82. The maximum absolute atomic E-state index is 14.4. The molecule has 1 aliphatic rings. The molecule has 0 radical (unpaired) electrons. The summed E-state index contributed by atoms with van der Waals surface area (Å²) in [7, 11) is -3.22. The molecule has 0 bridgehead atoms. The summed E-state index contributed by atoms with van der Waals surface area (Å²) in [5.41, 5.74) is -0.842. The number of rotatable bonds is 7. The lowest BCUT2D eigenvalue weighted by Crippen LogP contribution is -2.45. The highest BCUT2D eigenvalue weighted by atomic mass is 32.2. The minimum atomic E-state index is -4.72. The third kappa shape index (κ3) is 6.17. The minimum absolute atomic E-state index is 0.0604. The van der Waals surface area contributed by atoms with Crippen LogP contribution in [-0.4, -0.2) is 49.5 Å². The van der Waals surface area contributed by atoms with Gasteiger partial charge in [0.05, 0.1) is 12.0 Å². The van der Waals surface area contributed by atoms with Crippen molar-refractivity contribution in [3.05, 3.63) is 77.5 Å². The standard InChI is InChI=1S/C25H21F6N3O4S/c1-38-24-20(6-7-22(33-24)25(29,30)31)15-8-14(9-17(27)10-15)12-32-23(35)21-11-18(28)13-34(21)39(36,37)19-4-2-16(26)3-5-19/h2-10,18,21H,11-13H2,1H3,(H,32,35). The summed E-state index contributed by atoms with van der Waals surface area (Å²) in [5.74, 6) is -2.69. The number of carbonyl (C=O) groups excluding carboxylic acids is 1. The second-order valence-electron chi connectivity index (χ2n) is 8.69. The number of benzene rings is 2. The van der Waals surface area contributed by atoms with E-state index in [-0.39, 0.29) is 28.1 Å². The van der Waals surface area contributed by atoms with Crippen LogP contribution in [0.3, 0.4) is 0 Å². The van der Waals surface area contributed by atoms with Crippen LogP contribution in [0.2, 0.25) is 0 Å². The van der Waals surface area contributed by atoms with Gasteiger partial charge in [-0.3, -0.25) is 4.79 Å². The highest BCUT2D eigenvalue weighted by Gasteiger charge is 2.44. The summed E-state index contributed by atoms with van der Waals surface area (Å²) in [4.78, 5) is 16.0. The monoisotopic (exact) mass is 573 g/mol. The second kappa shape index (κ2) is 10.8. The van der Waals surface area contributed by atoms with Gasteiger partial charge in [-0.25, -0.2) is 26.6 Å². The van der Waals surface area contributed by atoms with E-state index >= 15 is 0 Å². The third-order valence-corrected chi connectivity index (χ3v) is 7.90. The Kier molecular flexibility index (Phi) is 7.89. The van der Waals surface area contributed by atoms with E-state index in [0.29, 0.717) is 10.4 Å². The number of amides is 1. The van der Waals surface area contributed by atoms with Crippen molar-refractivity contribution in [1.29, 1.82) is 0 Å². The first-order valence-electron chi connectivity index (χ1n) is 11.4. The van der Waals surface area contributed by atoms with E-state index in [4.69, 9.17) is 4.74 Å². The van der Waals surface area contributed by atoms with Gasteiger partial charge in [-0.1, -0.05) is 0 Å². The van der Waals surface area contributed by atoms with Crippen molar-refractivity contribution in [2.24, 2.45) is 0 Å². The quantitative estimate of drug-likeness (QED) is 0.422. The Labute approximate surface area is 219 Å². The molecule has 2 heterocycles. The summed E-state index contributed by atoms with van der Waals surface area (Å²) in [5, 5.41) is 2.45. The fraction of sp³-hybridized carbons (Fsp3) is 0.280. The van der Waals surface area contributed by atoms with Crippen LogP contribution in [-0.2, 0) is 27.5 Å². The Hall–Kier alpha value is -3.65. The molecule has 3 aromatic rings. The number of halogens is 6. The molecule has 1 aromatic heterocycles. The number of hydrogen-bond donors (Lipinski definition) is 1. The highest BCUT2D eigenvalue weighted by molar-refractivity contribution is 7.89. The van der Waals surface area contributed by atoms with Crippen LogP contribution < -0.4 is 10.1 Å². The third-order valence-electron chi connectivity index (χ3n) is 6.01. The van der Waals surface area contributed by atoms with Gasteiger partial charge in [0.25, 0.3) is 0 Å². The summed E-state index contributed by atoms with van der Waals surface area (Å²) in [6.07, 6.45) is -6.77. The Morgan fingerprint density at radius 1 is 1.08 bits per heavy atom. The van der Waals surface area contributed by atoms with Crippen molar-refractivity contribution in [1.82, 2.24) is 14.6 Å². The Morgan fingerprint density at radius 3 is 2.41 bits per heavy atom. The van der Waals surface area contributed by atoms with Gasteiger partial charge in [-0.2, -0.15) is 17.5 Å². The highest BCUT2D eigenvalue weighted by Crippen LogP contribution is 2.35. The molecular weight excluding hydrogens is 552 g/mol. The van der Waals surface area contributed by atoms with Gasteiger partial charge >= 0.3 is 6.18 Å². The van der Waals surface area contributed by atoms with Crippen molar-refractivity contribution in [2.75, 3.05) is 13.7 Å². The van der Waals surface area contributed by atoms with Gasteiger partial charge in [0.15, 0.2) is 0 Å². The molecule has 1 N–H and O–H groups in total. The van der Waals surface area contributed by atoms with Crippen molar-refractivity contribution < 1.29 is 44.3 Å². The molecule has 1 saturated heterocycles. The number of aromatic nitrogens is 1. The number of hydrogen-bond acceptors (Lipinski definition) is 5. The molecule has 0 spiro atoms. The number of nitrogens with zero attached hydrogens (tertiary/aromatic N) is 2. The number of methoxy groups -OCH3 is 1. The predicted octanol–water partition coefficient (Wildman–Crippen LogP) is 4.47. The molecule has 39 heavy (non-hydrogen) atoms. The lowest BCUT2D eigenvalue weighted by molar-refractivity contribution is -0.141. The molecule has 1 fully saturated rings. The lowest BCUT2D eigenvalue weighted by atomic mass is 10.0. The van der Waals surface area contributed by atoms with Crippen LogP contribution in [0.4, 0.5) is 26.3 Å².